The molecular weight excluding hydrogens is 422 g/mol. The summed E-state index contributed by atoms with van der Waals surface area (Å²) in [7, 11) is 1.63. The Balaban J connectivity index is 1.45. The van der Waals surface area contributed by atoms with Gasteiger partial charge in [-0.1, -0.05) is 18.2 Å². The minimum absolute atomic E-state index is 0.0173. The Hall–Kier alpha value is -2.54. The van der Waals surface area contributed by atoms with Crippen LogP contribution in [0.3, 0.4) is 0 Å². The van der Waals surface area contributed by atoms with Gasteiger partial charge in [0.15, 0.2) is 0 Å². The average Bonchev–Trinajstić information content (AvgIpc) is 2.71. The lowest BCUT2D eigenvalue weighted by atomic mass is 10.1. The summed E-state index contributed by atoms with van der Waals surface area (Å²) in [4.78, 5) is 25.7. The van der Waals surface area contributed by atoms with E-state index in [0.29, 0.717) is 32.5 Å². The van der Waals surface area contributed by atoms with E-state index in [-0.39, 0.29) is 11.8 Å². The van der Waals surface area contributed by atoms with Crippen LogP contribution in [0.2, 0.25) is 0 Å². The third-order valence-electron chi connectivity index (χ3n) is 4.69. The van der Waals surface area contributed by atoms with Crippen LogP contribution in [0, 0.1) is 0 Å². The summed E-state index contributed by atoms with van der Waals surface area (Å²) in [6, 6.07) is 13.8. The quantitative estimate of drug-likeness (QED) is 0.686. The van der Waals surface area contributed by atoms with Crippen LogP contribution in [-0.2, 0) is 22.6 Å². The minimum Gasteiger partial charge on any atom is -0.496 e. The molecule has 2 aromatic carbocycles. The number of carbonyl (C=O) groups is 2. The Morgan fingerprint density at radius 3 is 2.64 bits per heavy atom. The number of amides is 2. The molecule has 0 unspecified atom stereocenters. The van der Waals surface area contributed by atoms with Gasteiger partial charge in [0.25, 0.3) is 0 Å². The number of rotatable bonds is 7. The zero-order valence-electron chi connectivity index (χ0n) is 15.8. The highest BCUT2D eigenvalue weighted by atomic mass is 79.9. The standard InChI is InChI=1S/C21H24BrN3O3/c1-28-19-8-4-15(12-18(19)22)5-9-20(26)24-13-16-2-6-17(7-3-16)25-11-10-23-21(27)14-25/h2-4,6-8,12H,5,9-11,13-14H2,1H3,(H,23,27)(H,24,26). The van der Waals surface area contributed by atoms with E-state index in [4.69, 9.17) is 4.74 Å². The van der Waals surface area contributed by atoms with Crippen molar-refractivity contribution in [1.82, 2.24) is 10.6 Å². The van der Waals surface area contributed by atoms with Gasteiger partial charge >= 0.3 is 0 Å². The van der Waals surface area contributed by atoms with Crippen LogP contribution in [0.5, 0.6) is 5.75 Å². The van der Waals surface area contributed by atoms with Gasteiger partial charge in [-0.3, -0.25) is 9.59 Å². The second kappa shape index (κ2) is 9.59. The molecule has 0 aliphatic carbocycles. The van der Waals surface area contributed by atoms with Gasteiger partial charge < -0.3 is 20.3 Å². The SMILES string of the molecule is COc1ccc(CCC(=O)NCc2ccc(N3CCNC(=O)C3)cc2)cc1Br. The summed E-state index contributed by atoms with van der Waals surface area (Å²) in [6.45, 7) is 2.36. The number of hydrogen-bond donors (Lipinski definition) is 2. The van der Waals surface area contributed by atoms with Crippen molar-refractivity contribution in [2.45, 2.75) is 19.4 Å². The van der Waals surface area contributed by atoms with E-state index in [1.165, 1.54) is 0 Å². The van der Waals surface area contributed by atoms with Crippen molar-refractivity contribution in [2.24, 2.45) is 0 Å². The molecule has 1 saturated heterocycles. The maximum atomic E-state index is 12.1. The van der Waals surface area contributed by atoms with Gasteiger partial charge in [0.05, 0.1) is 18.1 Å². The van der Waals surface area contributed by atoms with Crippen LogP contribution in [0.4, 0.5) is 5.69 Å². The largest absolute Gasteiger partial charge is 0.496 e. The summed E-state index contributed by atoms with van der Waals surface area (Å²) in [6.07, 6.45) is 1.10. The summed E-state index contributed by atoms with van der Waals surface area (Å²) >= 11 is 3.46. The molecule has 1 aliphatic heterocycles. The van der Waals surface area contributed by atoms with Crippen molar-refractivity contribution < 1.29 is 14.3 Å². The molecule has 6 nitrogen and oxygen atoms in total. The summed E-state index contributed by atoms with van der Waals surface area (Å²) < 4.78 is 6.10. The summed E-state index contributed by atoms with van der Waals surface area (Å²) in [5.41, 5.74) is 3.14. The molecule has 0 saturated carbocycles. The Morgan fingerprint density at radius 1 is 1.21 bits per heavy atom. The van der Waals surface area contributed by atoms with Crippen molar-refractivity contribution in [3.63, 3.8) is 0 Å². The summed E-state index contributed by atoms with van der Waals surface area (Å²) in [5, 5.41) is 5.78. The molecule has 1 fully saturated rings. The molecule has 0 aromatic heterocycles. The van der Waals surface area contributed by atoms with E-state index in [0.717, 1.165) is 33.6 Å². The third-order valence-corrected chi connectivity index (χ3v) is 5.31. The Bertz CT molecular complexity index is 839. The fourth-order valence-corrected chi connectivity index (χ4v) is 3.68. The number of hydrogen-bond acceptors (Lipinski definition) is 4. The minimum atomic E-state index is 0.0173. The second-order valence-electron chi connectivity index (χ2n) is 6.68. The highest BCUT2D eigenvalue weighted by Gasteiger charge is 2.16. The van der Waals surface area contributed by atoms with Gasteiger partial charge in [0, 0.05) is 31.7 Å². The number of anilines is 1. The molecular formula is C21H24BrN3O3. The van der Waals surface area contributed by atoms with Crippen LogP contribution in [0.1, 0.15) is 17.5 Å². The summed E-state index contributed by atoms with van der Waals surface area (Å²) in [5.74, 6) is 0.844. The predicted molar refractivity (Wildman–Crippen MR) is 113 cm³/mol. The number of nitrogens with one attached hydrogen (secondary N) is 2. The first kappa shape index (κ1) is 20.2. The number of ether oxygens (including phenoxy) is 1. The van der Waals surface area contributed by atoms with E-state index in [2.05, 4.69) is 26.6 Å². The van der Waals surface area contributed by atoms with Gasteiger partial charge in [-0.2, -0.15) is 0 Å². The van der Waals surface area contributed by atoms with Gasteiger partial charge in [0.1, 0.15) is 5.75 Å². The Labute approximate surface area is 173 Å². The van der Waals surface area contributed by atoms with Crippen LogP contribution in [0.15, 0.2) is 46.9 Å². The molecule has 1 heterocycles. The van der Waals surface area contributed by atoms with Gasteiger partial charge in [-0.25, -0.2) is 0 Å². The highest BCUT2D eigenvalue weighted by Crippen LogP contribution is 2.26. The number of halogens is 1. The first-order chi connectivity index (χ1) is 13.5. The van der Waals surface area contributed by atoms with Crippen molar-refractivity contribution in [3.05, 3.63) is 58.1 Å². The monoisotopic (exact) mass is 445 g/mol. The van der Waals surface area contributed by atoms with E-state index in [9.17, 15) is 9.59 Å². The lowest BCUT2D eigenvalue weighted by molar-refractivity contribution is -0.121. The topological polar surface area (TPSA) is 70.7 Å². The Kier molecular flexibility index (Phi) is 6.92. The number of piperazine rings is 1. The van der Waals surface area contributed by atoms with Gasteiger partial charge in [-0.15, -0.1) is 0 Å². The molecule has 7 heteroatoms. The molecule has 148 valence electrons. The van der Waals surface area contributed by atoms with Crippen molar-refractivity contribution in [1.29, 1.82) is 0 Å². The molecule has 2 N–H and O–H groups in total. The van der Waals surface area contributed by atoms with E-state index in [1.54, 1.807) is 7.11 Å². The third kappa shape index (κ3) is 5.48. The molecule has 1 aliphatic rings. The maximum absolute atomic E-state index is 12.1. The van der Waals surface area contributed by atoms with Gasteiger partial charge in [0.2, 0.25) is 11.8 Å². The number of nitrogens with zero attached hydrogens (tertiary/aromatic N) is 1. The van der Waals surface area contributed by atoms with Crippen LogP contribution in [0.25, 0.3) is 0 Å². The number of carbonyl (C=O) groups excluding carboxylic acids is 2. The fraction of sp³-hybridized carbons (Fsp3) is 0.333. The molecule has 0 bridgehead atoms. The first-order valence-corrected chi connectivity index (χ1v) is 10.0. The highest BCUT2D eigenvalue weighted by molar-refractivity contribution is 9.10. The van der Waals surface area contributed by atoms with Crippen molar-refractivity contribution >= 4 is 33.4 Å². The lowest BCUT2D eigenvalue weighted by Gasteiger charge is -2.28. The predicted octanol–water partition coefficient (Wildman–Crippen LogP) is 2.64. The van der Waals surface area contributed by atoms with E-state index >= 15 is 0 Å². The normalized spacial score (nSPS) is 13.8. The molecule has 2 aromatic rings. The van der Waals surface area contributed by atoms with Crippen LogP contribution < -0.4 is 20.3 Å². The molecule has 2 amide bonds. The first-order valence-electron chi connectivity index (χ1n) is 9.25. The molecule has 28 heavy (non-hydrogen) atoms. The average molecular weight is 446 g/mol. The molecule has 3 rings (SSSR count). The van der Waals surface area contributed by atoms with Gasteiger partial charge in [-0.05, 0) is 57.7 Å². The zero-order chi connectivity index (χ0) is 19.9. The van der Waals surface area contributed by atoms with Crippen LogP contribution >= 0.6 is 15.9 Å². The maximum Gasteiger partial charge on any atom is 0.239 e. The fourth-order valence-electron chi connectivity index (χ4n) is 3.10. The van der Waals surface area contributed by atoms with Crippen molar-refractivity contribution in [3.8, 4) is 5.75 Å². The van der Waals surface area contributed by atoms with Crippen molar-refractivity contribution in [2.75, 3.05) is 31.6 Å². The van der Waals surface area contributed by atoms with E-state index < -0.39 is 0 Å². The molecule has 0 spiro atoms. The number of aryl methyl sites for hydroxylation is 1. The lowest BCUT2D eigenvalue weighted by Crippen LogP contribution is -2.47. The molecule has 0 radical (unpaired) electrons. The Morgan fingerprint density at radius 2 is 1.96 bits per heavy atom. The zero-order valence-corrected chi connectivity index (χ0v) is 17.4. The second-order valence-corrected chi connectivity index (χ2v) is 7.54. The van der Waals surface area contributed by atoms with E-state index in [1.807, 2.05) is 47.4 Å². The molecule has 0 atom stereocenters. The smallest absolute Gasteiger partial charge is 0.239 e. The van der Waals surface area contributed by atoms with Crippen LogP contribution in [-0.4, -0.2) is 38.6 Å². The number of benzene rings is 2. The number of methoxy groups -OCH3 is 1.